The Kier molecular flexibility index (Phi) is 5.64. The second kappa shape index (κ2) is 6.77. The summed E-state index contributed by atoms with van der Waals surface area (Å²) < 4.78 is 5.77. The molecule has 1 rings (SSSR count). The molecule has 1 aromatic rings. The number of unbranched alkanes of at least 4 members (excludes halogenated alkanes) is 1. The number of aryl methyl sites for hydroxylation is 1. The first kappa shape index (κ1) is 15.0. The molecule has 0 aliphatic heterocycles. The van der Waals surface area contributed by atoms with Crippen molar-refractivity contribution in [3.63, 3.8) is 0 Å². The van der Waals surface area contributed by atoms with Crippen LogP contribution in [0.15, 0.2) is 4.42 Å². The Labute approximate surface area is 111 Å². The van der Waals surface area contributed by atoms with Crippen LogP contribution >= 0.6 is 0 Å². The van der Waals surface area contributed by atoms with Crippen molar-refractivity contribution >= 4 is 5.78 Å². The maximum absolute atomic E-state index is 12.1. The lowest BCUT2D eigenvalue weighted by atomic mass is 9.93. The average molecular weight is 250 g/mol. The highest BCUT2D eigenvalue weighted by Crippen LogP contribution is 2.31. The van der Waals surface area contributed by atoms with Crippen LogP contribution in [0.5, 0.6) is 0 Å². The highest BCUT2D eigenvalue weighted by molar-refractivity contribution is 5.95. The van der Waals surface area contributed by atoms with Crippen LogP contribution in [0.2, 0.25) is 0 Å². The molecule has 0 aliphatic rings. The van der Waals surface area contributed by atoms with Gasteiger partial charge in [-0.3, -0.25) is 4.79 Å². The normalized spacial score (nSPS) is 11.2. The van der Waals surface area contributed by atoms with Gasteiger partial charge in [-0.2, -0.15) is 0 Å². The van der Waals surface area contributed by atoms with Gasteiger partial charge in [0.1, 0.15) is 5.76 Å². The molecule has 0 atom stereocenters. The SMILES string of the molecule is CCCCc1c(C(=O)CCC)oc(C)c1C(C)C. The Morgan fingerprint density at radius 1 is 1.22 bits per heavy atom. The van der Waals surface area contributed by atoms with Crippen molar-refractivity contribution in [2.45, 2.75) is 72.6 Å². The van der Waals surface area contributed by atoms with Gasteiger partial charge in [0.2, 0.25) is 0 Å². The minimum absolute atomic E-state index is 0.165. The topological polar surface area (TPSA) is 30.2 Å². The molecule has 0 unspecified atom stereocenters. The quantitative estimate of drug-likeness (QED) is 0.635. The largest absolute Gasteiger partial charge is 0.458 e. The van der Waals surface area contributed by atoms with Crippen LogP contribution in [0, 0.1) is 6.92 Å². The van der Waals surface area contributed by atoms with Gasteiger partial charge >= 0.3 is 0 Å². The van der Waals surface area contributed by atoms with Crippen LogP contribution in [0.3, 0.4) is 0 Å². The van der Waals surface area contributed by atoms with Crippen LogP contribution in [-0.2, 0) is 6.42 Å². The standard InChI is InChI=1S/C16H26O2/c1-6-8-10-13-15(11(3)4)12(5)18-16(13)14(17)9-7-2/h11H,6-10H2,1-5H3. The van der Waals surface area contributed by atoms with Crippen molar-refractivity contribution in [3.8, 4) is 0 Å². The van der Waals surface area contributed by atoms with Crippen molar-refractivity contribution < 1.29 is 9.21 Å². The summed E-state index contributed by atoms with van der Waals surface area (Å²) in [5.41, 5.74) is 2.42. The van der Waals surface area contributed by atoms with Gasteiger partial charge in [0.05, 0.1) is 0 Å². The number of carbonyl (C=O) groups is 1. The maximum Gasteiger partial charge on any atom is 0.198 e. The van der Waals surface area contributed by atoms with E-state index in [-0.39, 0.29) is 5.78 Å². The minimum Gasteiger partial charge on any atom is -0.458 e. The van der Waals surface area contributed by atoms with Gasteiger partial charge < -0.3 is 4.42 Å². The average Bonchev–Trinajstić information content (AvgIpc) is 2.63. The Morgan fingerprint density at radius 2 is 1.89 bits per heavy atom. The lowest BCUT2D eigenvalue weighted by Crippen LogP contribution is -2.03. The molecule has 2 heteroatoms. The third-order valence-corrected chi connectivity index (χ3v) is 3.32. The second-order valence-corrected chi connectivity index (χ2v) is 5.31. The first-order valence-electron chi connectivity index (χ1n) is 7.18. The molecule has 0 saturated carbocycles. The third-order valence-electron chi connectivity index (χ3n) is 3.32. The van der Waals surface area contributed by atoms with E-state index in [4.69, 9.17) is 4.42 Å². The van der Waals surface area contributed by atoms with E-state index in [0.29, 0.717) is 18.1 Å². The second-order valence-electron chi connectivity index (χ2n) is 5.31. The zero-order valence-electron chi connectivity index (χ0n) is 12.4. The zero-order valence-corrected chi connectivity index (χ0v) is 12.4. The predicted octanol–water partition coefficient (Wildman–Crippen LogP) is 5.04. The van der Waals surface area contributed by atoms with Crippen LogP contribution in [0.25, 0.3) is 0 Å². The van der Waals surface area contributed by atoms with E-state index in [0.717, 1.165) is 31.4 Å². The number of ketones is 1. The lowest BCUT2D eigenvalue weighted by molar-refractivity contribution is 0.0952. The van der Waals surface area contributed by atoms with Gasteiger partial charge in [-0.1, -0.05) is 34.1 Å². The Bertz CT molecular complexity index is 399. The number of furan rings is 1. The molecule has 0 saturated heterocycles. The summed E-state index contributed by atoms with van der Waals surface area (Å²) in [6, 6.07) is 0. The molecule has 0 aromatic carbocycles. The Hall–Kier alpha value is -1.05. The molecular formula is C16H26O2. The van der Waals surface area contributed by atoms with Gasteiger partial charge in [0.15, 0.2) is 11.5 Å². The molecule has 0 N–H and O–H groups in total. The molecular weight excluding hydrogens is 224 g/mol. The maximum atomic E-state index is 12.1. The van der Waals surface area contributed by atoms with Crippen molar-refractivity contribution in [1.82, 2.24) is 0 Å². The molecule has 0 bridgehead atoms. The highest BCUT2D eigenvalue weighted by Gasteiger charge is 2.23. The summed E-state index contributed by atoms with van der Waals surface area (Å²) >= 11 is 0. The number of hydrogen-bond acceptors (Lipinski definition) is 2. The summed E-state index contributed by atoms with van der Waals surface area (Å²) in [6.45, 7) is 10.5. The first-order valence-corrected chi connectivity index (χ1v) is 7.18. The molecule has 2 nitrogen and oxygen atoms in total. The van der Waals surface area contributed by atoms with E-state index >= 15 is 0 Å². The van der Waals surface area contributed by atoms with Gasteiger partial charge in [-0.05, 0) is 37.7 Å². The van der Waals surface area contributed by atoms with Gasteiger partial charge in [-0.25, -0.2) is 0 Å². The summed E-state index contributed by atoms with van der Waals surface area (Å²) in [4.78, 5) is 12.1. The van der Waals surface area contributed by atoms with E-state index < -0.39 is 0 Å². The van der Waals surface area contributed by atoms with Gasteiger partial charge in [0, 0.05) is 12.0 Å². The van der Waals surface area contributed by atoms with Crippen LogP contribution < -0.4 is 0 Å². The smallest absolute Gasteiger partial charge is 0.198 e. The zero-order chi connectivity index (χ0) is 13.7. The van der Waals surface area contributed by atoms with Crippen molar-refractivity contribution in [1.29, 1.82) is 0 Å². The van der Waals surface area contributed by atoms with E-state index in [1.54, 1.807) is 0 Å². The summed E-state index contributed by atoms with van der Waals surface area (Å²) in [5.74, 6) is 2.14. The number of rotatable bonds is 7. The molecule has 0 aliphatic carbocycles. The monoisotopic (exact) mass is 250 g/mol. The van der Waals surface area contributed by atoms with E-state index in [1.165, 1.54) is 11.1 Å². The Balaban J connectivity index is 3.16. The van der Waals surface area contributed by atoms with Gasteiger partial charge in [-0.15, -0.1) is 0 Å². The number of Topliss-reactive ketones (excluding diaryl/α,β-unsaturated/α-hetero) is 1. The summed E-state index contributed by atoms with van der Waals surface area (Å²) in [6.07, 6.45) is 4.69. The van der Waals surface area contributed by atoms with Crippen molar-refractivity contribution in [2.24, 2.45) is 0 Å². The van der Waals surface area contributed by atoms with E-state index in [9.17, 15) is 4.79 Å². The highest BCUT2D eigenvalue weighted by atomic mass is 16.3. The molecule has 18 heavy (non-hydrogen) atoms. The van der Waals surface area contributed by atoms with Crippen LogP contribution in [0.1, 0.15) is 86.7 Å². The summed E-state index contributed by atoms with van der Waals surface area (Å²) in [5, 5.41) is 0. The lowest BCUT2D eigenvalue weighted by Gasteiger charge is -2.08. The van der Waals surface area contributed by atoms with E-state index in [2.05, 4.69) is 20.8 Å². The summed E-state index contributed by atoms with van der Waals surface area (Å²) in [7, 11) is 0. The molecule has 1 heterocycles. The molecule has 0 fully saturated rings. The number of hydrogen-bond donors (Lipinski definition) is 0. The molecule has 0 amide bonds. The molecule has 1 aromatic heterocycles. The minimum atomic E-state index is 0.165. The molecule has 102 valence electrons. The molecule has 0 radical (unpaired) electrons. The van der Waals surface area contributed by atoms with E-state index in [1.807, 2.05) is 13.8 Å². The first-order chi connectivity index (χ1) is 8.52. The number of carbonyl (C=O) groups excluding carboxylic acids is 1. The Morgan fingerprint density at radius 3 is 2.39 bits per heavy atom. The third kappa shape index (κ3) is 3.24. The fraction of sp³-hybridized carbons (Fsp3) is 0.688. The van der Waals surface area contributed by atoms with Crippen molar-refractivity contribution in [2.75, 3.05) is 0 Å². The van der Waals surface area contributed by atoms with Crippen molar-refractivity contribution in [3.05, 3.63) is 22.6 Å². The molecule has 0 spiro atoms. The fourth-order valence-electron chi connectivity index (χ4n) is 2.53. The van der Waals surface area contributed by atoms with Crippen LogP contribution in [-0.4, -0.2) is 5.78 Å². The fourth-order valence-corrected chi connectivity index (χ4v) is 2.53. The predicted molar refractivity (Wildman–Crippen MR) is 75.4 cm³/mol. The van der Waals surface area contributed by atoms with Gasteiger partial charge in [0.25, 0.3) is 0 Å². The van der Waals surface area contributed by atoms with Crippen LogP contribution in [0.4, 0.5) is 0 Å².